The van der Waals surface area contributed by atoms with Gasteiger partial charge in [0.05, 0.1) is 0 Å². The smallest absolute Gasteiger partial charge is 0.366 e. The zero-order chi connectivity index (χ0) is 31.2. The number of benzene rings is 4. The van der Waals surface area contributed by atoms with Gasteiger partial charge in [0, 0.05) is 88.4 Å². The molecule has 8 aromatic rings. The van der Waals surface area contributed by atoms with Crippen LogP contribution in [0.15, 0.2) is 134 Å². The largest absolute Gasteiger partial charge is 1.00 e. The number of nitrogens with zero attached hydrogens (tertiary/aromatic N) is 4. The number of rotatable bonds is 2. The first-order valence-corrected chi connectivity index (χ1v) is 14.7. The number of aromatic nitrogens is 4. The molecule has 0 bridgehead atoms. The van der Waals surface area contributed by atoms with Gasteiger partial charge in [0.1, 0.15) is 0 Å². The molecule has 0 aliphatic carbocycles. The third-order valence-corrected chi connectivity index (χ3v) is 7.95. The summed E-state index contributed by atoms with van der Waals surface area (Å²) in [4.78, 5) is 8.30. The second kappa shape index (κ2) is 16.3. The Morgan fingerprint density at radius 2 is 1.06 bits per heavy atom. The van der Waals surface area contributed by atoms with E-state index in [1.54, 1.807) is 6.20 Å². The van der Waals surface area contributed by atoms with Gasteiger partial charge in [-0.1, -0.05) is 60.7 Å². The molecule has 0 aliphatic rings. The third kappa shape index (κ3) is 7.69. The Morgan fingerprint density at radius 3 is 1.53 bits per heavy atom. The van der Waals surface area contributed by atoms with Crippen LogP contribution < -0.4 is 0 Å². The third-order valence-electron chi connectivity index (χ3n) is 7.95. The van der Waals surface area contributed by atoms with Gasteiger partial charge in [-0.2, -0.15) is 0 Å². The fourth-order valence-electron chi connectivity index (χ4n) is 5.69. The van der Waals surface area contributed by atoms with Crippen molar-refractivity contribution < 1.29 is 44.8 Å². The Labute approximate surface area is 306 Å². The number of fused-ring (bicyclic) bond motifs is 6. The topological polar surface area (TPSA) is 35.6 Å². The summed E-state index contributed by atoms with van der Waals surface area (Å²) in [6.45, 7) is 0. The molecular weight excluding hydrogens is 942 g/mol. The molecule has 47 heavy (non-hydrogen) atoms. The summed E-state index contributed by atoms with van der Waals surface area (Å²) in [6, 6.07) is 38.6. The van der Waals surface area contributed by atoms with Crippen LogP contribution in [0.4, 0.5) is 0 Å². The predicted octanol–water partition coefficient (Wildman–Crippen LogP) is 8.60. The van der Waals surface area contributed by atoms with E-state index in [0.29, 0.717) is 0 Å². The van der Waals surface area contributed by atoms with Crippen LogP contribution in [0.2, 0.25) is 0 Å². The van der Waals surface area contributed by atoms with Gasteiger partial charge in [-0.3, -0.25) is 21.8 Å². The number of pyridine rings is 2. The van der Waals surface area contributed by atoms with E-state index in [0.717, 1.165) is 34.3 Å². The number of aryl methyl sites for hydroxylation is 2. The molecule has 0 radical (unpaired) electrons. The Bertz CT molecular complexity index is 2170. The van der Waals surface area contributed by atoms with Gasteiger partial charge in [0.2, 0.25) is 0 Å². The van der Waals surface area contributed by atoms with Crippen LogP contribution >= 0.6 is 0 Å². The zero-order valence-electron chi connectivity index (χ0n) is 25.8. The van der Waals surface area contributed by atoms with Gasteiger partial charge in [-0.05, 0) is 35.9 Å². The Kier molecular flexibility index (Phi) is 12.2. The molecule has 0 spiro atoms. The van der Waals surface area contributed by atoms with E-state index < -0.39 is 0 Å². The molecule has 4 aromatic heterocycles. The summed E-state index contributed by atoms with van der Waals surface area (Å²) in [7, 11) is 4.11. The van der Waals surface area contributed by atoms with E-state index in [9.17, 15) is 0 Å². The van der Waals surface area contributed by atoms with E-state index in [4.69, 9.17) is 12.8 Å². The molecule has 4 nitrogen and oxygen atoms in total. The first-order valence-electron chi connectivity index (χ1n) is 14.7. The van der Waals surface area contributed by atoms with Crippen LogP contribution in [-0.4, -0.2) is 19.1 Å². The van der Waals surface area contributed by atoms with E-state index in [2.05, 4.69) is 99.6 Å². The van der Waals surface area contributed by atoms with Crippen LogP contribution in [0.25, 0.3) is 43.6 Å². The maximum atomic E-state index is 7.16. The van der Waals surface area contributed by atoms with Crippen molar-refractivity contribution in [1.29, 1.82) is 0 Å². The number of para-hydroxylation sites is 2. The summed E-state index contributed by atoms with van der Waals surface area (Å²) < 4.78 is 4.32. The molecule has 0 aliphatic heterocycles. The van der Waals surface area contributed by atoms with Gasteiger partial charge >= 0.3 is 44.8 Å². The van der Waals surface area contributed by atoms with E-state index in [1.807, 2.05) is 73.1 Å². The molecule has 0 atom stereocenters. The summed E-state index contributed by atoms with van der Waals surface area (Å²) in [5, 5.41) is 4.99. The summed E-state index contributed by atoms with van der Waals surface area (Å²) in [5.74, 6) is 4.85. The first-order chi connectivity index (χ1) is 22.1. The van der Waals surface area contributed by atoms with Gasteiger partial charge in [0.15, 0.2) is 0 Å². The quantitative estimate of drug-likeness (QED) is 0.0990. The molecule has 0 saturated carbocycles. The Morgan fingerprint density at radius 1 is 0.553 bits per heavy atom. The van der Waals surface area contributed by atoms with Crippen molar-refractivity contribution in [3.63, 3.8) is 0 Å². The van der Waals surface area contributed by atoms with E-state index in [-0.39, 0.29) is 44.8 Å². The molecule has 0 unspecified atom stereocenters. The number of hydrogen-bond acceptors (Lipinski definition) is 2. The van der Waals surface area contributed by atoms with Crippen molar-refractivity contribution in [1.82, 2.24) is 19.1 Å². The van der Waals surface area contributed by atoms with Crippen molar-refractivity contribution in [3.8, 4) is 11.8 Å². The molecule has 8 rings (SSSR count). The minimum Gasteiger partial charge on any atom is -0.366 e. The summed E-state index contributed by atoms with van der Waals surface area (Å²) in [6.07, 6.45) is 20.6. The fourth-order valence-corrected chi connectivity index (χ4v) is 5.69. The molecular formula is C41H30Au2N4. The standard InChI is InChI=1S/2C15H10N.C11H10N2.2Au/c2*1-3-11-8-9-13-12-6-4-5-7-14(12)16(2)15(13)10-11;1-2-7-13-11(5-1)8-10-4-3-6-12-9-10;;/h2*4-10H,2H3;1-7,9H,8H2;;/q2*-1;;2*+1. The van der Waals surface area contributed by atoms with Gasteiger partial charge in [-0.15, -0.1) is 35.4 Å². The first kappa shape index (κ1) is 35.2. The van der Waals surface area contributed by atoms with Crippen molar-refractivity contribution in [2.45, 2.75) is 6.42 Å². The van der Waals surface area contributed by atoms with Gasteiger partial charge < -0.3 is 22.0 Å². The minimum absolute atomic E-state index is 0. The molecule has 0 amide bonds. The maximum absolute atomic E-state index is 7.16. The van der Waals surface area contributed by atoms with Crippen LogP contribution in [0.5, 0.6) is 0 Å². The fraction of sp³-hybridized carbons (Fsp3) is 0.0732. The second-order valence-electron chi connectivity index (χ2n) is 10.7. The summed E-state index contributed by atoms with van der Waals surface area (Å²) >= 11 is 0. The average Bonchev–Trinajstić information content (AvgIpc) is 3.56. The van der Waals surface area contributed by atoms with Crippen molar-refractivity contribution in [2.75, 3.05) is 0 Å². The van der Waals surface area contributed by atoms with Crippen molar-refractivity contribution in [2.24, 2.45) is 14.1 Å². The molecule has 0 N–H and O–H groups in total. The molecule has 0 fully saturated rings. The summed E-state index contributed by atoms with van der Waals surface area (Å²) in [5.41, 5.74) is 8.66. The monoisotopic (exact) mass is 972 g/mol. The van der Waals surface area contributed by atoms with E-state index in [1.165, 1.54) is 38.1 Å². The van der Waals surface area contributed by atoms with Crippen molar-refractivity contribution in [3.05, 3.63) is 169 Å². The van der Waals surface area contributed by atoms with Gasteiger partial charge in [0.25, 0.3) is 0 Å². The number of hydrogen-bond donors (Lipinski definition) is 0. The van der Waals surface area contributed by atoms with Crippen LogP contribution in [0.3, 0.4) is 0 Å². The Hall–Kier alpha value is -4.62. The average molecular weight is 973 g/mol. The van der Waals surface area contributed by atoms with Gasteiger partial charge in [-0.25, -0.2) is 0 Å². The Balaban J connectivity index is 0.000000157. The molecule has 236 valence electrons. The van der Waals surface area contributed by atoms with E-state index >= 15 is 0 Å². The SMILES string of the molecule is [Au+].[Au+].[C-]#Cc1ccc2c3ccccc3n(C)c2c1.[C-]#Cc1ccc2c3ccccc3n(C)c2c1.c1ccc(Cc2cccnc2)nc1. The zero-order valence-corrected chi connectivity index (χ0v) is 30.1. The predicted molar refractivity (Wildman–Crippen MR) is 185 cm³/mol. The maximum Gasteiger partial charge on any atom is 1.00 e. The normalized spacial score (nSPS) is 10.0. The van der Waals surface area contributed by atoms with Crippen LogP contribution in [-0.2, 0) is 65.3 Å². The minimum atomic E-state index is 0. The van der Waals surface area contributed by atoms with Crippen LogP contribution in [0.1, 0.15) is 22.4 Å². The van der Waals surface area contributed by atoms with Crippen molar-refractivity contribution >= 4 is 43.6 Å². The molecule has 0 saturated heterocycles. The second-order valence-corrected chi connectivity index (χ2v) is 10.7. The molecule has 4 heterocycles. The van der Waals surface area contributed by atoms with Crippen LogP contribution in [0, 0.1) is 24.7 Å². The molecule has 6 heteroatoms. The molecule has 4 aromatic carbocycles.